The second kappa shape index (κ2) is 11.3. The highest BCUT2D eigenvalue weighted by molar-refractivity contribution is 6.17. The van der Waals surface area contributed by atoms with Gasteiger partial charge in [-0.2, -0.15) is 5.26 Å². The van der Waals surface area contributed by atoms with Crippen molar-refractivity contribution in [2.75, 3.05) is 0 Å². The third kappa shape index (κ3) is 4.22. The maximum atomic E-state index is 9.68. The molecule has 0 amide bonds. The lowest BCUT2D eigenvalue weighted by Gasteiger charge is -2.16. The Hall–Kier alpha value is -7.35. The molecule has 0 spiro atoms. The van der Waals surface area contributed by atoms with Gasteiger partial charge in [-0.3, -0.25) is 0 Å². The Morgan fingerprint density at radius 1 is 0.358 bits per heavy atom. The van der Waals surface area contributed by atoms with Crippen molar-refractivity contribution in [2.45, 2.75) is 0 Å². The minimum atomic E-state index is 0.663. The average molecular weight is 675 g/mol. The topological polar surface area (TPSA) is 38.6 Å². The summed E-state index contributed by atoms with van der Waals surface area (Å²) >= 11 is 0. The molecule has 0 saturated heterocycles. The van der Waals surface area contributed by atoms with E-state index in [1.165, 1.54) is 38.3 Å². The Bertz CT molecular complexity index is 3260. The van der Waals surface area contributed by atoms with Crippen molar-refractivity contribution in [1.29, 1.82) is 5.26 Å². The molecule has 4 heteroatoms. The van der Waals surface area contributed by atoms with Gasteiger partial charge in [-0.05, 0) is 78.4 Å². The normalized spacial score (nSPS) is 11.8. The Kier molecular flexibility index (Phi) is 6.28. The van der Waals surface area contributed by atoms with Gasteiger partial charge in [0.05, 0.1) is 56.1 Å². The van der Waals surface area contributed by atoms with Crippen molar-refractivity contribution < 1.29 is 0 Å². The van der Waals surface area contributed by atoms with Crippen molar-refractivity contribution in [2.24, 2.45) is 0 Å². The summed E-state index contributed by atoms with van der Waals surface area (Å²) in [5, 5.41) is 16.8. The number of hydrogen-bond acceptors (Lipinski definition) is 1. The van der Waals surface area contributed by atoms with Crippen LogP contribution in [-0.4, -0.2) is 13.7 Å². The Balaban J connectivity index is 1.16. The standard InChI is InChI=1S/C49H30N4/c50-31-32-27-28-46-40(29-32)38-18-4-7-21-42(38)51(46)34-14-11-13-33(30-34)35-15-1-6-20-41(35)52-45-24-10-5-19-39(45)49-47(52)25-12-26-48(49)53-43-22-8-2-16-36(43)37-17-3-9-23-44(37)53/h1-30H. The molecule has 0 N–H and O–H groups in total. The van der Waals surface area contributed by atoms with Gasteiger partial charge in [0.2, 0.25) is 0 Å². The van der Waals surface area contributed by atoms with Gasteiger partial charge in [0, 0.05) is 43.6 Å². The molecule has 0 aliphatic carbocycles. The maximum Gasteiger partial charge on any atom is 0.0991 e. The lowest BCUT2D eigenvalue weighted by Crippen LogP contribution is -1.99. The van der Waals surface area contributed by atoms with Crippen LogP contribution in [-0.2, 0) is 0 Å². The molecule has 3 heterocycles. The van der Waals surface area contributed by atoms with E-state index in [9.17, 15) is 5.26 Å². The van der Waals surface area contributed by atoms with Crippen molar-refractivity contribution in [3.63, 3.8) is 0 Å². The fourth-order valence-electron chi connectivity index (χ4n) is 8.67. The second-order valence-corrected chi connectivity index (χ2v) is 13.7. The molecule has 0 saturated carbocycles. The molecule has 53 heavy (non-hydrogen) atoms. The van der Waals surface area contributed by atoms with Crippen LogP contribution >= 0.6 is 0 Å². The minimum absolute atomic E-state index is 0.663. The van der Waals surface area contributed by atoms with Crippen molar-refractivity contribution in [1.82, 2.24) is 13.7 Å². The number of fused-ring (bicyclic) bond motifs is 9. The van der Waals surface area contributed by atoms with Gasteiger partial charge < -0.3 is 13.7 Å². The molecule has 4 nitrogen and oxygen atoms in total. The smallest absolute Gasteiger partial charge is 0.0991 e. The van der Waals surface area contributed by atoms with E-state index in [-0.39, 0.29) is 0 Å². The fourth-order valence-corrected chi connectivity index (χ4v) is 8.67. The van der Waals surface area contributed by atoms with Crippen LogP contribution in [0.25, 0.3) is 93.6 Å². The van der Waals surface area contributed by atoms with Gasteiger partial charge in [-0.15, -0.1) is 0 Å². The van der Waals surface area contributed by atoms with E-state index in [4.69, 9.17) is 0 Å². The SMILES string of the molecule is N#Cc1ccc2c(c1)c1ccccc1n2-c1cccc(-c2ccccc2-n2c3ccccc3c3c(-n4c5ccccc5c5ccccc54)cccc32)c1. The van der Waals surface area contributed by atoms with Gasteiger partial charge >= 0.3 is 0 Å². The zero-order valence-electron chi connectivity index (χ0n) is 28.6. The van der Waals surface area contributed by atoms with Crippen LogP contribution in [0.3, 0.4) is 0 Å². The number of benzene rings is 8. The molecule has 3 aromatic heterocycles. The van der Waals surface area contributed by atoms with Crippen LogP contribution < -0.4 is 0 Å². The first-order valence-electron chi connectivity index (χ1n) is 17.9. The van der Waals surface area contributed by atoms with Crippen LogP contribution in [0.2, 0.25) is 0 Å². The molecule has 0 unspecified atom stereocenters. The first kappa shape index (κ1) is 29.4. The van der Waals surface area contributed by atoms with E-state index in [2.05, 4.69) is 190 Å². The number of rotatable bonds is 4. The zero-order chi connectivity index (χ0) is 35.0. The van der Waals surface area contributed by atoms with E-state index < -0.39 is 0 Å². The number of nitriles is 1. The summed E-state index contributed by atoms with van der Waals surface area (Å²) in [5.74, 6) is 0. The van der Waals surface area contributed by atoms with Crippen molar-refractivity contribution in [3.8, 4) is 34.3 Å². The quantitative estimate of drug-likeness (QED) is 0.183. The maximum absolute atomic E-state index is 9.68. The summed E-state index contributed by atoms with van der Waals surface area (Å²) < 4.78 is 7.19. The molecular formula is C49H30N4. The van der Waals surface area contributed by atoms with E-state index in [0.717, 1.165) is 55.3 Å². The van der Waals surface area contributed by atoms with Crippen LogP contribution in [0, 0.1) is 11.3 Å². The molecule has 246 valence electrons. The predicted molar refractivity (Wildman–Crippen MR) is 220 cm³/mol. The zero-order valence-corrected chi connectivity index (χ0v) is 28.6. The molecule has 8 aromatic carbocycles. The highest BCUT2D eigenvalue weighted by Crippen LogP contribution is 2.42. The first-order chi connectivity index (χ1) is 26.3. The molecule has 0 aliphatic rings. The number of aromatic nitrogens is 3. The predicted octanol–water partition coefficient (Wildman–Crippen LogP) is 12.5. The van der Waals surface area contributed by atoms with E-state index in [1.807, 2.05) is 12.1 Å². The minimum Gasteiger partial charge on any atom is -0.309 e. The molecule has 0 fully saturated rings. The molecule has 0 aliphatic heterocycles. The van der Waals surface area contributed by atoms with Crippen LogP contribution in [0.1, 0.15) is 5.56 Å². The lowest BCUT2D eigenvalue weighted by atomic mass is 10.0. The van der Waals surface area contributed by atoms with Gasteiger partial charge in [0.1, 0.15) is 0 Å². The van der Waals surface area contributed by atoms with Crippen LogP contribution in [0.15, 0.2) is 182 Å². The number of para-hydroxylation sites is 5. The van der Waals surface area contributed by atoms with Crippen LogP contribution in [0.4, 0.5) is 0 Å². The number of hydrogen-bond donors (Lipinski definition) is 0. The Morgan fingerprint density at radius 2 is 0.868 bits per heavy atom. The van der Waals surface area contributed by atoms with Crippen molar-refractivity contribution in [3.05, 3.63) is 188 Å². The largest absolute Gasteiger partial charge is 0.309 e. The summed E-state index contributed by atoms with van der Waals surface area (Å²) in [7, 11) is 0. The van der Waals surface area contributed by atoms with E-state index in [0.29, 0.717) is 5.56 Å². The molecule has 11 rings (SSSR count). The first-order valence-corrected chi connectivity index (χ1v) is 17.9. The highest BCUT2D eigenvalue weighted by Gasteiger charge is 2.21. The molecule has 11 aromatic rings. The number of nitrogens with zero attached hydrogens (tertiary/aromatic N) is 4. The monoisotopic (exact) mass is 674 g/mol. The summed E-state index contributed by atoms with van der Waals surface area (Å²) in [6.45, 7) is 0. The Morgan fingerprint density at radius 3 is 1.58 bits per heavy atom. The highest BCUT2D eigenvalue weighted by atomic mass is 15.0. The average Bonchev–Trinajstić information content (AvgIpc) is 3.86. The van der Waals surface area contributed by atoms with Gasteiger partial charge in [0.25, 0.3) is 0 Å². The molecule has 0 atom stereocenters. The second-order valence-electron chi connectivity index (χ2n) is 13.7. The molecule has 0 radical (unpaired) electrons. The molecular weight excluding hydrogens is 645 g/mol. The Labute approximate surface area is 305 Å². The summed E-state index contributed by atoms with van der Waals surface area (Å²) in [4.78, 5) is 0. The van der Waals surface area contributed by atoms with Crippen LogP contribution in [0.5, 0.6) is 0 Å². The van der Waals surface area contributed by atoms with Crippen molar-refractivity contribution >= 4 is 65.4 Å². The summed E-state index contributed by atoms with van der Waals surface area (Å²) in [6, 6.07) is 67.3. The molecule has 0 bridgehead atoms. The summed E-state index contributed by atoms with van der Waals surface area (Å²) in [5.41, 5.74) is 13.2. The van der Waals surface area contributed by atoms with Gasteiger partial charge in [-0.25, -0.2) is 0 Å². The van der Waals surface area contributed by atoms with Gasteiger partial charge in [0.15, 0.2) is 0 Å². The van der Waals surface area contributed by atoms with E-state index >= 15 is 0 Å². The van der Waals surface area contributed by atoms with Gasteiger partial charge in [-0.1, -0.05) is 109 Å². The third-order valence-corrected chi connectivity index (χ3v) is 10.9. The lowest BCUT2D eigenvalue weighted by molar-refractivity contribution is 1.16. The summed E-state index contributed by atoms with van der Waals surface area (Å²) in [6.07, 6.45) is 0. The van der Waals surface area contributed by atoms with E-state index in [1.54, 1.807) is 0 Å². The third-order valence-electron chi connectivity index (χ3n) is 10.9. The fraction of sp³-hybridized carbons (Fsp3) is 0.